The minimum absolute atomic E-state index is 0.0972. The smallest absolute Gasteiger partial charge is 0.243 e. The van der Waals surface area contributed by atoms with Gasteiger partial charge in [0.1, 0.15) is 6.33 Å². The third kappa shape index (κ3) is 3.63. The number of hydrogen-bond donors (Lipinski definition) is 0. The monoisotopic (exact) mass is 261 g/mol. The first kappa shape index (κ1) is 12.2. The first-order valence-corrected chi connectivity index (χ1v) is 6.07. The van der Waals surface area contributed by atoms with E-state index in [1.807, 2.05) is 0 Å². The van der Waals surface area contributed by atoms with Crippen molar-refractivity contribution in [2.24, 2.45) is 0 Å². The van der Waals surface area contributed by atoms with Crippen molar-refractivity contribution in [1.82, 2.24) is 9.66 Å². The Kier molecular flexibility index (Phi) is 3.19. The van der Waals surface area contributed by atoms with Crippen LogP contribution in [0.4, 0.5) is 13.2 Å². The van der Waals surface area contributed by atoms with Crippen LogP contribution < -0.4 is 3.82 Å². The van der Waals surface area contributed by atoms with Gasteiger partial charge in [-0.15, -0.1) is 3.82 Å². The second kappa shape index (κ2) is 3.93. The predicted octanol–water partition coefficient (Wildman–Crippen LogP) is 0.949. The van der Waals surface area contributed by atoms with Gasteiger partial charge in [-0.1, -0.05) is 0 Å². The van der Waals surface area contributed by atoms with E-state index in [4.69, 9.17) is 0 Å². The van der Waals surface area contributed by atoms with E-state index in [-0.39, 0.29) is 3.82 Å². The van der Waals surface area contributed by atoms with Crippen LogP contribution in [0.5, 0.6) is 0 Å². The third-order valence-corrected chi connectivity index (χ3v) is 3.49. The van der Waals surface area contributed by atoms with E-state index in [0.29, 0.717) is 6.26 Å². The van der Waals surface area contributed by atoms with Crippen molar-refractivity contribution in [3.8, 4) is 0 Å². The van der Waals surface area contributed by atoms with Gasteiger partial charge in [0.15, 0.2) is 0 Å². The Labute approximate surface area is 88.0 Å². The molecule has 0 aromatic carbocycles. The van der Waals surface area contributed by atoms with Crippen molar-refractivity contribution >= 4 is 22.0 Å². The fourth-order valence-corrected chi connectivity index (χ4v) is 2.33. The Hall–Kier alpha value is -0.900. The van der Waals surface area contributed by atoms with Gasteiger partial charge < -0.3 is 0 Å². The Morgan fingerprint density at radius 2 is 2.07 bits per heavy atom. The normalized spacial score (nSPS) is 12.8. The van der Waals surface area contributed by atoms with Crippen molar-refractivity contribution in [3.05, 3.63) is 18.7 Å². The molecule has 0 spiro atoms. The summed E-state index contributed by atoms with van der Waals surface area (Å²) in [6.45, 7) is 0. The number of hydrogen-bond acceptors (Lipinski definition) is 4. The SMILES string of the molecule is CS(=O)(=O)N(SC(F)(F)F)n1ccnc1. The van der Waals surface area contributed by atoms with Crippen LogP contribution in [0.1, 0.15) is 0 Å². The molecule has 1 rings (SSSR count). The quantitative estimate of drug-likeness (QED) is 0.760. The van der Waals surface area contributed by atoms with Crippen LogP contribution in [-0.4, -0.2) is 29.8 Å². The van der Waals surface area contributed by atoms with Gasteiger partial charge in [0.25, 0.3) is 10.0 Å². The molecule has 86 valence electrons. The summed E-state index contributed by atoms with van der Waals surface area (Å²) in [6.07, 6.45) is 3.90. The first-order chi connectivity index (χ1) is 6.70. The lowest BCUT2D eigenvalue weighted by molar-refractivity contribution is -0.0330. The standard InChI is InChI=1S/C5H6F3N3O2S2/c1-15(12,13)11(14-5(6,7)8)10-3-2-9-4-10/h2-4H,1H3. The Morgan fingerprint density at radius 3 is 2.40 bits per heavy atom. The number of imidazole rings is 1. The van der Waals surface area contributed by atoms with Gasteiger partial charge in [-0.2, -0.15) is 13.2 Å². The minimum Gasteiger partial charge on any atom is -0.243 e. The summed E-state index contributed by atoms with van der Waals surface area (Å²) in [7, 11) is -4.02. The fourth-order valence-electron chi connectivity index (χ4n) is 0.723. The summed E-state index contributed by atoms with van der Waals surface area (Å²) in [5.74, 6) is 0. The van der Waals surface area contributed by atoms with Gasteiger partial charge in [0.05, 0.1) is 18.2 Å². The molecule has 0 atom stereocenters. The first-order valence-electron chi connectivity index (χ1n) is 3.44. The lowest BCUT2D eigenvalue weighted by atomic mass is 11.0. The number of alkyl halides is 3. The topological polar surface area (TPSA) is 55.2 Å². The van der Waals surface area contributed by atoms with Crippen LogP contribution >= 0.6 is 11.9 Å². The number of aromatic nitrogens is 2. The van der Waals surface area contributed by atoms with Crippen molar-refractivity contribution in [2.45, 2.75) is 5.51 Å². The second-order valence-electron chi connectivity index (χ2n) is 2.45. The van der Waals surface area contributed by atoms with Crippen LogP contribution in [0.3, 0.4) is 0 Å². The maximum atomic E-state index is 12.1. The molecule has 0 radical (unpaired) electrons. The van der Waals surface area contributed by atoms with E-state index in [9.17, 15) is 21.6 Å². The maximum absolute atomic E-state index is 12.1. The number of nitrogens with zero attached hydrogens (tertiary/aromatic N) is 3. The highest BCUT2D eigenvalue weighted by molar-refractivity contribution is 8.14. The van der Waals surface area contributed by atoms with Crippen molar-refractivity contribution in [3.63, 3.8) is 0 Å². The number of sulfonamides is 1. The highest BCUT2D eigenvalue weighted by Gasteiger charge is 2.37. The molecule has 0 fully saturated rings. The zero-order valence-corrected chi connectivity index (χ0v) is 8.97. The summed E-state index contributed by atoms with van der Waals surface area (Å²) in [5, 5.41) is 0. The molecule has 0 amide bonds. The lowest BCUT2D eigenvalue weighted by Gasteiger charge is -2.21. The Balaban J connectivity index is 3.01. The fraction of sp³-hybridized carbons (Fsp3) is 0.400. The number of rotatable bonds is 3. The molecule has 0 N–H and O–H groups in total. The molecular formula is C5H6F3N3O2S2. The molecule has 0 bridgehead atoms. The summed E-state index contributed by atoms with van der Waals surface area (Å²) < 4.78 is 59.1. The van der Waals surface area contributed by atoms with Gasteiger partial charge in [-0.3, -0.25) is 0 Å². The van der Waals surface area contributed by atoms with Gasteiger partial charge in [0, 0.05) is 12.4 Å². The highest BCUT2D eigenvalue weighted by Crippen LogP contribution is 2.33. The molecule has 0 aliphatic carbocycles. The van der Waals surface area contributed by atoms with E-state index < -0.39 is 27.5 Å². The summed E-state index contributed by atoms with van der Waals surface area (Å²) in [4.78, 5) is 3.46. The van der Waals surface area contributed by atoms with Crippen LogP contribution in [0, 0.1) is 0 Å². The molecule has 15 heavy (non-hydrogen) atoms. The lowest BCUT2D eigenvalue weighted by Crippen LogP contribution is -2.35. The van der Waals surface area contributed by atoms with Crippen LogP contribution in [0.25, 0.3) is 0 Å². The van der Waals surface area contributed by atoms with Crippen molar-refractivity contribution in [1.29, 1.82) is 0 Å². The molecule has 0 saturated carbocycles. The Morgan fingerprint density at radius 1 is 1.47 bits per heavy atom. The van der Waals surface area contributed by atoms with Gasteiger partial charge in [-0.25, -0.2) is 18.1 Å². The highest BCUT2D eigenvalue weighted by atomic mass is 32.3. The summed E-state index contributed by atoms with van der Waals surface area (Å²) in [5.41, 5.74) is -4.69. The molecule has 1 aromatic heterocycles. The molecular weight excluding hydrogens is 255 g/mol. The molecule has 0 unspecified atom stereocenters. The van der Waals surface area contributed by atoms with E-state index >= 15 is 0 Å². The third-order valence-electron chi connectivity index (χ3n) is 1.14. The van der Waals surface area contributed by atoms with Crippen molar-refractivity contribution in [2.75, 3.05) is 10.1 Å². The predicted molar refractivity (Wildman–Crippen MR) is 48.9 cm³/mol. The molecule has 0 aliphatic heterocycles. The summed E-state index contributed by atoms with van der Waals surface area (Å²) in [6, 6.07) is 0. The average molecular weight is 261 g/mol. The molecule has 1 aromatic rings. The molecule has 0 aliphatic rings. The minimum atomic E-state index is -4.69. The van der Waals surface area contributed by atoms with Crippen LogP contribution in [-0.2, 0) is 10.0 Å². The van der Waals surface area contributed by atoms with Crippen LogP contribution in [0.15, 0.2) is 18.7 Å². The van der Waals surface area contributed by atoms with Gasteiger partial charge >= 0.3 is 5.51 Å². The maximum Gasteiger partial charge on any atom is 0.464 e. The van der Waals surface area contributed by atoms with E-state index in [1.54, 1.807) is 0 Å². The van der Waals surface area contributed by atoms with Crippen molar-refractivity contribution < 1.29 is 21.6 Å². The van der Waals surface area contributed by atoms with E-state index in [1.165, 1.54) is 6.20 Å². The molecule has 1 heterocycles. The number of halogens is 3. The van der Waals surface area contributed by atoms with E-state index in [2.05, 4.69) is 4.98 Å². The molecule has 10 heteroatoms. The van der Waals surface area contributed by atoms with Gasteiger partial charge in [-0.05, 0) is 0 Å². The van der Waals surface area contributed by atoms with E-state index in [0.717, 1.165) is 17.2 Å². The molecule has 5 nitrogen and oxygen atoms in total. The average Bonchev–Trinajstić information content (AvgIpc) is 2.47. The largest absolute Gasteiger partial charge is 0.464 e. The second-order valence-corrected chi connectivity index (χ2v) is 5.48. The summed E-state index contributed by atoms with van der Waals surface area (Å²) >= 11 is -0.765. The van der Waals surface area contributed by atoms with Gasteiger partial charge in [0.2, 0.25) is 0 Å². The zero-order valence-electron chi connectivity index (χ0n) is 7.34. The molecule has 0 saturated heterocycles. The van der Waals surface area contributed by atoms with Crippen LogP contribution in [0.2, 0.25) is 0 Å². The zero-order chi connectivity index (χ0) is 11.7. The Bertz CT molecular complexity index is 413.